The molecule has 2 rings (SSSR count). The number of aryl methyl sites for hydroxylation is 2. The lowest BCUT2D eigenvalue weighted by Crippen LogP contribution is -2.28. The lowest BCUT2D eigenvalue weighted by molar-refractivity contribution is 0.280. The molecule has 0 spiro atoms. The van der Waals surface area contributed by atoms with Gasteiger partial charge in [0.1, 0.15) is 0 Å². The van der Waals surface area contributed by atoms with Crippen LogP contribution in [0, 0.1) is 13.8 Å². The quantitative estimate of drug-likeness (QED) is 0.803. The van der Waals surface area contributed by atoms with Crippen molar-refractivity contribution in [3.05, 3.63) is 41.2 Å². The second kappa shape index (κ2) is 6.33. The summed E-state index contributed by atoms with van der Waals surface area (Å²) in [4.78, 5) is 0.191. The van der Waals surface area contributed by atoms with Crippen LogP contribution in [0.4, 0.5) is 0 Å². The van der Waals surface area contributed by atoms with Crippen molar-refractivity contribution in [2.75, 3.05) is 6.54 Å². The van der Waals surface area contributed by atoms with Gasteiger partial charge in [-0.2, -0.15) is 0 Å². The molecule has 0 aliphatic carbocycles. The first kappa shape index (κ1) is 15.6. The summed E-state index contributed by atoms with van der Waals surface area (Å²) in [6.45, 7) is 4.01. The van der Waals surface area contributed by atoms with E-state index in [-0.39, 0.29) is 18.0 Å². The lowest BCUT2D eigenvalue weighted by atomic mass is 10.1. The maximum Gasteiger partial charge on any atom is 0.240 e. The lowest BCUT2D eigenvalue weighted by Gasteiger charge is -2.12. The Morgan fingerprint density at radius 3 is 2.67 bits per heavy atom. The highest BCUT2D eigenvalue weighted by molar-refractivity contribution is 7.89. The van der Waals surface area contributed by atoms with Gasteiger partial charge in [-0.05, 0) is 36.6 Å². The monoisotopic (exact) mass is 310 g/mol. The average molecular weight is 310 g/mol. The van der Waals surface area contributed by atoms with Crippen molar-refractivity contribution in [1.82, 2.24) is 19.7 Å². The van der Waals surface area contributed by atoms with E-state index in [1.807, 2.05) is 6.92 Å². The fourth-order valence-electron chi connectivity index (χ4n) is 2.06. The zero-order chi connectivity index (χ0) is 15.5. The highest BCUT2D eigenvalue weighted by Gasteiger charge is 2.18. The second-order valence-electron chi connectivity index (χ2n) is 4.77. The van der Waals surface area contributed by atoms with Crippen LogP contribution in [-0.4, -0.2) is 35.1 Å². The third-order valence-corrected chi connectivity index (χ3v) is 4.80. The predicted molar refractivity (Wildman–Crippen MR) is 77.0 cm³/mol. The molecule has 2 aromatic rings. The van der Waals surface area contributed by atoms with Crippen LogP contribution in [0.3, 0.4) is 0 Å². The van der Waals surface area contributed by atoms with Gasteiger partial charge in [0.05, 0.1) is 24.2 Å². The molecule has 1 aromatic heterocycles. The number of benzene rings is 1. The second-order valence-corrected chi connectivity index (χ2v) is 6.50. The zero-order valence-corrected chi connectivity index (χ0v) is 12.8. The average Bonchev–Trinajstić information content (AvgIpc) is 2.91. The summed E-state index contributed by atoms with van der Waals surface area (Å²) in [6.07, 6.45) is 3.20. The van der Waals surface area contributed by atoms with E-state index in [1.165, 1.54) is 12.3 Å². The first-order valence-corrected chi connectivity index (χ1v) is 7.97. The third kappa shape index (κ3) is 3.66. The number of hydrogen-bond acceptors (Lipinski definition) is 5. The molecule has 0 unspecified atom stereocenters. The van der Waals surface area contributed by atoms with Crippen molar-refractivity contribution >= 4 is 10.0 Å². The van der Waals surface area contributed by atoms with Crippen molar-refractivity contribution in [2.45, 2.75) is 31.9 Å². The fraction of sp³-hybridized carbons (Fsp3) is 0.385. The van der Waals surface area contributed by atoms with Crippen LogP contribution < -0.4 is 4.72 Å². The van der Waals surface area contributed by atoms with Gasteiger partial charge in [-0.25, -0.2) is 13.1 Å². The molecule has 7 nitrogen and oxygen atoms in total. The summed E-state index contributed by atoms with van der Waals surface area (Å²) in [5, 5.41) is 16.7. The van der Waals surface area contributed by atoms with Crippen LogP contribution in [0.1, 0.15) is 16.7 Å². The molecule has 0 aliphatic heterocycles. The molecule has 2 N–H and O–H groups in total. The molecule has 0 atom stereocenters. The van der Waals surface area contributed by atoms with Gasteiger partial charge in [-0.3, -0.25) is 4.68 Å². The standard InChI is InChI=1S/C13H18N4O3S/c1-10-7-11(2)13(8-12(10)9-18)21(19,20)15-4-6-17-5-3-14-16-17/h3,5,7-8,15,18H,4,6,9H2,1-2H3. The highest BCUT2D eigenvalue weighted by atomic mass is 32.2. The molecule has 1 aromatic carbocycles. The summed E-state index contributed by atoms with van der Waals surface area (Å²) >= 11 is 0. The minimum Gasteiger partial charge on any atom is -0.392 e. The van der Waals surface area contributed by atoms with Crippen LogP contribution in [-0.2, 0) is 23.2 Å². The van der Waals surface area contributed by atoms with Crippen molar-refractivity contribution in [3.8, 4) is 0 Å². The first-order valence-electron chi connectivity index (χ1n) is 6.49. The Kier molecular flexibility index (Phi) is 4.71. The molecule has 114 valence electrons. The number of nitrogens with one attached hydrogen (secondary N) is 1. The summed E-state index contributed by atoms with van der Waals surface area (Å²) in [6, 6.07) is 3.28. The first-order chi connectivity index (χ1) is 9.94. The summed E-state index contributed by atoms with van der Waals surface area (Å²) in [5.74, 6) is 0. The Labute approximate surface area is 123 Å². The van der Waals surface area contributed by atoms with Gasteiger partial charge < -0.3 is 5.11 Å². The van der Waals surface area contributed by atoms with Crippen LogP contribution >= 0.6 is 0 Å². The molecule has 21 heavy (non-hydrogen) atoms. The predicted octanol–water partition coefficient (Wildman–Crippen LogP) is 0.366. The van der Waals surface area contributed by atoms with E-state index in [2.05, 4.69) is 15.0 Å². The molecular weight excluding hydrogens is 292 g/mol. The molecule has 0 bridgehead atoms. The van der Waals surface area contributed by atoms with Gasteiger partial charge >= 0.3 is 0 Å². The highest BCUT2D eigenvalue weighted by Crippen LogP contribution is 2.20. The van der Waals surface area contributed by atoms with Crippen molar-refractivity contribution < 1.29 is 13.5 Å². The van der Waals surface area contributed by atoms with Crippen LogP contribution in [0.2, 0.25) is 0 Å². The summed E-state index contributed by atoms with van der Waals surface area (Å²) < 4.78 is 28.7. The van der Waals surface area contributed by atoms with Gasteiger partial charge in [-0.1, -0.05) is 11.3 Å². The Morgan fingerprint density at radius 2 is 2.05 bits per heavy atom. The number of aliphatic hydroxyl groups excluding tert-OH is 1. The van der Waals surface area contributed by atoms with Gasteiger partial charge in [0, 0.05) is 12.7 Å². The number of sulfonamides is 1. The SMILES string of the molecule is Cc1cc(C)c(S(=O)(=O)NCCn2ccnn2)cc1CO. The number of hydrogen-bond donors (Lipinski definition) is 2. The molecular formula is C13H18N4O3S. The molecule has 0 aliphatic rings. The van der Waals surface area contributed by atoms with Crippen LogP contribution in [0.15, 0.2) is 29.4 Å². The molecule has 0 fully saturated rings. The van der Waals surface area contributed by atoms with E-state index in [0.29, 0.717) is 17.7 Å². The molecule has 0 amide bonds. The number of rotatable bonds is 6. The van der Waals surface area contributed by atoms with E-state index in [9.17, 15) is 13.5 Å². The van der Waals surface area contributed by atoms with Gasteiger partial charge in [0.25, 0.3) is 0 Å². The van der Waals surface area contributed by atoms with Crippen LogP contribution in [0.25, 0.3) is 0 Å². The smallest absolute Gasteiger partial charge is 0.240 e. The third-order valence-electron chi connectivity index (χ3n) is 3.20. The summed E-state index contributed by atoms with van der Waals surface area (Å²) in [5.41, 5.74) is 2.13. The van der Waals surface area contributed by atoms with Gasteiger partial charge in [0.2, 0.25) is 10.0 Å². The Morgan fingerprint density at radius 1 is 1.29 bits per heavy atom. The molecule has 1 heterocycles. The Balaban J connectivity index is 2.15. The largest absolute Gasteiger partial charge is 0.392 e. The van der Waals surface area contributed by atoms with E-state index in [4.69, 9.17) is 0 Å². The van der Waals surface area contributed by atoms with Crippen molar-refractivity contribution in [1.29, 1.82) is 0 Å². The molecule has 0 saturated heterocycles. The maximum atomic E-state index is 12.3. The van der Waals surface area contributed by atoms with E-state index < -0.39 is 10.0 Å². The minimum atomic E-state index is -3.62. The molecule has 0 saturated carbocycles. The van der Waals surface area contributed by atoms with Crippen LogP contribution in [0.5, 0.6) is 0 Å². The normalized spacial score (nSPS) is 11.8. The fourth-order valence-corrected chi connectivity index (χ4v) is 3.35. The Bertz CT molecular complexity index is 711. The molecule has 0 radical (unpaired) electrons. The van der Waals surface area contributed by atoms with E-state index in [0.717, 1.165) is 5.56 Å². The minimum absolute atomic E-state index is 0.187. The number of nitrogens with zero attached hydrogens (tertiary/aromatic N) is 3. The maximum absolute atomic E-state index is 12.3. The number of aliphatic hydroxyl groups is 1. The van der Waals surface area contributed by atoms with Gasteiger partial charge in [0.15, 0.2) is 0 Å². The van der Waals surface area contributed by atoms with Gasteiger partial charge in [-0.15, -0.1) is 5.10 Å². The topological polar surface area (TPSA) is 97.1 Å². The summed E-state index contributed by atoms with van der Waals surface area (Å²) in [7, 11) is -3.62. The zero-order valence-electron chi connectivity index (χ0n) is 11.9. The van der Waals surface area contributed by atoms with Crippen molar-refractivity contribution in [3.63, 3.8) is 0 Å². The van der Waals surface area contributed by atoms with E-state index >= 15 is 0 Å². The van der Waals surface area contributed by atoms with Crippen molar-refractivity contribution in [2.24, 2.45) is 0 Å². The van der Waals surface area contributed by atoms with E-state index in [1.54, 1.807) is 23.9 Å². The molecule has 8 heteroatoms. The number of aromatic nitrogens is 3. The Hall–Kier alpha value is -1.77.